The first-order chi connectivity index (χ1) is 9.06. The van der Waals surface area contributed by atoms with Crippen LogP contribution >= 0.6 is 15.9 Å². The summed E-state index contributed by atoms with van der Waals surface area (Å²) in [5, 5.41) is 3.44. The van der Waals surface area contributed by atoms with Gasteiger partial charge in [-0.2, -0.15) is 0 Å². The summed E-state index contributed by atoms with van der Waals surface area (Å²) in [7, 11) is 0. The molecule has 0 aliphatic heterocycles. The Hall–Kier alpha value is -1.19. The molecule has 0 saturated heterocycles. The van der Waals surface area contributed by atoms with Crippen LogP contribution in [0.5, 0.6) is 0 Å². The Kier molecular flexibility index (Phi) is 4.72. The predicted octanol–water partition coefficient (Wildman–Crippen LogP) is 4.75. The zero-order valence-corrected chi connectivity index (χ0v) is 12.7. The van der Waals surface area contributed by atoms with E-state index in [4.69, 9.17) is 0 Å². The normalized spacial score (nSPS) is 12.4. The van der Waals surface area contributed by atoms with Crippen LogP contribution in [0.4, 0.5) is 4.39 Å². The number of aryl methyl sites for hydroxylation is 1. The largest absolute Gasteiger partial charge is 0.306 e. The summed E-state index contributed by atoms with van der Waals surface area (Å²) in [5.74, 6) is -0.197. The lowest BCUT2D eigenvalue weighted by Crippen LogP contribution is -2.18. The number of rotatable bonds is 4. The molecule has 0 amide bonds. The molecule has 0 spiro atoms. The Morgan fingerprint density at radius 3 is 2.47 bits per heavy atom. The van der Waals surface area contributed by atoms with Crippen molar-refractivity contribution in [2.45, 2.75) is 26.4 Å². The van der Waals surface area contributed by atoms with Crippen molar-refractivity contribution >= 4 is 15.9 Å². The first-order valence-corrected chi connectivity index (χ1v) is 7.09. The molecule has 0 unspecified atom stereocenters. The topological polar surface area (TPSA) is 12.0 Å². The molecule has 0 radical (unpaired) electrons. The summed E-state index contributed by atoms with van der Waals surface area (Å²) in [4.78, 5) is 0. The Labute approximate surface area is 122 Å². The molecule has 0 aliphatic carbocycles. The van der Waals surface area contributed by atoms with E-state index in [0.29, 0.717) is 0 Å². The van der Waals surface area contributed by atoms with Crippen LogP contribution in [0, 0.1) is 12.7 Å². The van der Waals surface area contributed by atoms with Gasteiger partial charge in [-0.3, -0.25) is 0 Å². The maximum Gasteiger partial charge on any atom is 0.123 e. The number of halogens is 2. The third kappa shape index (κ3) is 3.88. The van der Waals surface area contributed by atoms with Crippen molar-refractivity contribution in [1.82, 2.24) is 5.32 Å². The van der Waals surface area contributed by atoms with E-state index in [9.17, 15) is 4.39 Å². The summed E-state index contributed by atoms with van der Waals surface area (Å²) in [6, 6.07) is 13.1. The third-order valence-corrected chi connectivity index (χ3v) is 3.92. The standard InChI is InChI=1S/C16H17BrFN/c1-11-3-4-14(16(17)9-11)10-19-12(2)13-5-7-15(18)8-6-13/h3-9,12,19H,10H2,1-2H3/t12-/m0/s1. The fraction of sp³-hybridized carbons (Fsp3) is 0.250. The summed E-state index contributed by atoms with van der Waals surface area (Å²) >= 11 is 3.57. The van der Waals surface area contributed by atoms with E-state index in [1.54, 1.807) is 0 Å². The van der Waals surface area contributed by atoms with Crippen LogP contribution in [0.25, 0.3) is 0 Å². The van der Waals surface area contributed by atoms with Crippen molar-refractivity contribution in [2.24, 2.45) is 0 Å². The second-order valence-corrected chi connectivity index (χ2v) is 5.60. The molecule has 0 fully saturated rings. The minimum atomic E-state index is -0.197. The minimum absolute atomic E-state index is 0.189. The van der Waals surface area contributed by atoms with Gasteiger partial charge >= 0.3 is 0 Å². The van der Waals surface area contributed by atoms with Gasteiger partial charge in [0.05, 0.1) is 0 Å². The highest BCUT2D eigenvalue weighted by Gasteiger charge is 2.06. The fourth-order valence-corrected chi connectivity index (χ4v) is 2.56. The maximum absolute atomic E-state index is 12.9. The summed E-state index contributed by atoms with van der Waals surface area (Å²) in [6.45, 7) is 4.93. The SMILES string of the molecule is Cc1ccc(CN[C@@H](C)c2ccc(F)cc2)c(Br)c1. The summed E-state index contributed by atoms with van der Waals surface area (Å²) in [6.07, 6.45) is 0. The summed E-state index contributed by atoms with van der Waals surface area (Å²) < 4.78 is 14.0. The third-order valence-electron chi connectivity index (χ3n) is 3.18. The molecule has 1 atom stereocenters. The molecule has 1 N–H and O–H groups in total. The Morgan fingerprint density at radius 1 is 1.16 bits per heavy atom. The lowest BCUT2D eigenvalue weighted by atomic mass is 10.1. The molecule has 2 rings (SSSR count). The van der Waals surface area contributed by atoms with E-state index in [1.807, 2.05) is 12.1 Å². The van der Waals surface area contributed by atoms with Gasteiger partial charge in [0.25, 0.3) is 0 Å². The minimum Gasteiger partial charge on any atom is -0.306 e. The van der Waals surface area contributed by atoms with E-state index in [-0.39, 0.29) is 11.9 Å². The highest BCUT2D eigenvalue weighted by molar-refractivity contribution is 9.10. The Bertz CT molecular complexity index is 551. The van der Waals surface area contributed by atoms with E-state index in [1.165, 1.54) is 23.3 Å². The highest BCUT2D eigenvalue weighted by Crippen LogP contribution is 2.20. The van der Waals surface area contributed by atoms with Crippen LogP contribution < -0.4 is 5.32 Å². The Balaban J connectivity index is 2.00. The molecule has 0 saturated carbocycles. The van der Waals surface area contributed by atoms with E-state index in [0.717, 1.165) is 16.6 Å². The van der Waals surface area contributed by atoms with Crippen LogP contribution in [0.3, 0.4) is 0 Å². The first-order valence-electron chi connectivity index (χ1n) is 6.30. The second kappa shape index (κ2) is 6.31. The van der Waals surface area contributed by atoms with Gasteiger partial charge in [0.2, 0.25) is 0 Å². The number of nitrogens with one attached hydrogen (secondary N) is 1. The fourth-order valence-electron chi connectivity index (χ4n) is 1.93. The highest BCUT2D eigenvalue weighted by atomic mass is 79.9. The van der Waals surface area contributed by atoms with Gasteiger partial charge in [0, 0.05) is 17.1 Å². The Morgan fingerprint density at radius 2 is 1.84 bits per heavy atom. The molecule has 100 valence electrons. The molecule has 0 aliphatic rings. The number of hydrogen-bond donors (Lipinski definition) is 1. The molecule has 2 aromatic rings. The quantitative estimate of drug-likeness (QED) is 0.857. The molecule has 1 nitrogen and oxygen atoms in total. The van der Waals surface area contributed by atoms with Crippen LogP contribution in [0.1, 0.15) is 29.7 Å². The zero-order chi connectivity index (χ0) is 13.8. The second-order valence-electron chi connectivity index (χ2n) is 4.75. The molecule has 3 heteroatoms. The van der Waals surface area contributed by atoms with Crippen molar-refractivity contribution in [3.63, 3.8) is 0 Å². The van der Waals surface area contributed by atoms with Crippen molar-refractivity contribution in [1.29, 1.82) is 0 Å². The van der Waals surface area contributed by atoms with Gasteiger partial charge in [0.15, 0.2) is 0 Å². The molecule has 0 bridgehead atoms. The average molecular weight is 322 g/mol. The smallest absolute Gasteiger partial charge is 0.123 e. The molecule has 0 heterocycles. The molecular formula is C16H17BrFN. The lowest BCUT2D eigenvalue weighted by molar-refractivity contribution is 0.570. The van der Waals surface area contributed by atoms with Crippen LogP contribution in [-0.4, -0.2) is 0 Å². The van der Waals surface area contributed by atoms with Crippen molar-refractivity contribution < 1.29 is 4.39 Å². The van der Waals surface area contributed by atoms with Gasteiger partial charge in [-0.05, 0) is 48.7 Å². The maximum atomic E-state index is 12.9. The van der Waals surface area contributed by atoms with E-state index >= 15 is 0 Å². The summed E-state index contributed by atoms with van der Waals surface area (Å²) in [5.41, 5.74) is 3.55. The van der Waals surface area contributed by atoms with Gasteiger partial charge in [0.1, 0.15) is 5.82 Å². The number of hydrogen-bond acceptors (Lipinski definition) is 1. The van der Waals surface area contributed by atoms with Gasteiger partial charge in [-0.1, -0.05) is 40.2 Å². The van der Waals surface area contributed by atoms with Gasteiger partial charge in [-0.25, -0.2) is 4.39 Å². The molecule has 19 heavy (non-hydrogen) atoms. The van der Waals surface area contributed by atoms with Gasteiger partial charge < -0.3 is 5.32 Å². The molecule has 2 aromatic carbocycles. The predicted molar refractivity (Wildman–Crippen MR) is 80.5 cm³/mol. The number of benzene rings is 2. The van der Waals surface area contributed by atoms with Crippen LogP contribution in [0.15, 0.2) is 46.9 Å². The van der Waals surface area contributed by atoms with Crippen molar-refractivity contribution in [2.75, 3.05) is 0 Å². The monoisotopic (exact) mass is 321 g/mol. The van der Waals surface area contributed by atoms with Gasteiger partial charge in [-0.15, -0.1) is 0 Å². The molecular weight excluding hydrogens is 305 g/mol. The van der Waals surface area contributed by atoms with Crippen LogP contribution in [0.2, 0.25) is 0 Å². The molecule has 0 aromatic heterocycles. The van der Waals surface area contributed by atoms with Crippen molar-refractivity contribution in [3.05, 3.63) is 69.4 Å². The van der Waals surface area contributed by atoms with E-state index < -0.39 is 0 Å². The van der Waals surface area contributed by atoms with Crippen LogP contribution in [-0.2, 0) is 6.54 Å². The van der Waals surface area contributed by atoms with E-state index in [2.05, 4.69) is 53.3 Å². The van der Waals surface area contributed by atoms with Crippen molar-refractivity contribution in [3.8, 4) is 0 Å². The average Bonchev–Trinajstić information content (AvgIpc) is 2.38. The lowest BCUT2D eigenvalue weighted by Gasteiger charge is -2.15. The zero-order valence-electron chi connectivity index (χ0n) is 11.1. The first kappa shape index (κ1) is 14.2.